The van der Waals surface area contributed by atoms with Gasteiger partial charge in [-0.2, -0.15) is 0 Å². The molecule has 0 saturated carbocycles. The predicted molar refractivity (Wildman–Crippen MR) is 83.2 cm³/mol. The van der Waals surface area contributed by atoms with E-state index in [1.807, 2.05) is 6.07 Å². The average molecular weight is 318 g/mol. The van der Waals surface area contributed by atoms with Crippen LogP contribution in [-0.4, -0.2) is 20.6 Å². The molecule has 1 aliphatic rings. The lowest BCUT2D eigenvalue weighted by Crippen LogP contribution is -2.07. The summed E-state index contributed by atoms with van der Waals surface area (Å²) < 4.78 is 30.5. The first-order valence-corrected chi connectivity index (χ1v) is 8.74. The molecule has 4 nitrogen and oxygen atoms in total. The van der Waals surface area contributed by atoms with Gasteiger partial charge in [0.25, 0.3) is 0 Å². The number of phenols is 1. The van der Waals surface area contributed by atoms with Crippen molar-refractivity contribution in [1.29, 1.82) is 0 Å². The molecule has 0 aliphatic heterocycles. The number of ether oxygens (including phenoxy) is 1. The van der Waals surface area contributed by atoms with Gasteiger partial charge in [0.2, 0.25) is 9.84 Å². The highest BCUT2D eigenvalue weighted by molar-refractivity contribution is 7.91. The minimum absolute atomic E-state index is 0.0770. The van der Waals surface area contributed by atoms with E-state index in [2.05, 4.69) is 0 Å². The molecule has 116 valence electrons. The number of rotatable bonds is 3. The van der Waals surface area contributed by atoms with E-state index in [0.717, 1.165) is 31.2 Å². The Morgan fingerprint density at radius 2 is 1.59 bits per heavy atom. The van der Waals surface area contributed by atoms with Crippen LogP contribution in [0.15, 0.2) is 46.2 Å². The van der Waals surface area contributed by atoms with E-state index in [1.54, 1.807) is 12.1 Å². The van der Waals surface area contributed by atoms with Gasteiger partial charge in [-0.05, 0) is 61.1 Å². The molecule has 0 atom stereocenters. The third-order valence-corrected chi connectivity index (χ3v) is 5.84. The van der Waals surface area contributed by atoms with Crippen LogP contribution < -0.4 is 4.74 Å². The molecule has 0 aromatic heterocycles. The molecule has 1 N–H and O–H groups in total. The summed E-state index contributed by atoms with van der Waals surface area (Å²) in [6.07, 6.45) is 4.21. The fraction of sp³-hybridized carbons (Fsp3) is 0.294. The van der Waals surface area contributed by atoms with Gasteiger partial charge in [0.1, 0.15) is 0 Å². The molecular formula is C17H18O4S. The lowest BCUT2D eigenvalue weighted by molar-refractivity contribution is 0.372. The van der Waals surface area contributed by atoms with Crippen LogP contribution in [0.1, 0.15) is 24.0 Å². The van der Waals surface area contributed by atoms with Crippen LogP contribution in [0.4, 0.5) is 0 Å². The summed E-state index contributed by atoms with van der Waals surface area (Å²) in [5, 5.41) is 9.61. The van der Waals surface area contributed by atoms with Gasteiger partial charge in [-0.15, -0.1) is 0 Å². The third kappa shape index (κ3) is 2.57. The van der Waals surface area contributed by atoms with Crippen LogP contribution in [0, 0.1) is 0 Å². The molecule has 0 saturated heterocycles. The van der Waals surface area contributed by atoms with Crippen LogP contribution in [-0.2, 0) is 22.7 Å². The second kappa shape index (κ2) is 5.65. The molecule has 0 radical (unpaired) electrons. The molecule has 1 aliphatic carbocycles. The van der Waals surface area contributed by atoms with Crippen LogP contribution in [0.3, 0.4) is 0 Å². The Hall–Kier alpha value is -2.01. The quantitative estimate of drug-likeness (QED) is 0.944. The highest BCUT2D eigenvalue weighted by Crippen LogP contribution is 2.32. The maximum absolute atomic E-state index is 12.8. The number of phenolic OH excluding ortho intramolecular Hbond substituents is 1. The summed E-state index contributed by atoms with van der Waals surface area (Å²) >= 11 is 0. The van der Waals surface area contributed by atoms with Crippen molar-refractivity contribution >= 4 is 9.84 Å². The molecule has 2 aromatic carbocycles. The largest absolute Gasteiger partial charge is 0.504 e. The summed E-state index contributed by atoms with van der Waals surface area (Å²) in [7, 11) is -2.22. The van der Waals surface area contributed by atoms with Crippen molar-refractivity contribution < 1.29 is 18.3 Å². The lowest BCUT2D eigenvalue weighted by Gasteiger charge is -2.16. The molecule has 5 heteroatoms. The van der Waals surface area contributed by atoms with Crippen molar-refractivity contribution in [2.75, 3.05) is 7.11 Å². The lowest BCUT2D eigenvalue weighted by atomic mass is 9.92. The first kappa shape index (κ1) is 14.9. The van der Waals surface area contributed by atoms with E-state index in [4.69, 9.17) is 4.74 Å². The molecule has 0 bridgehead atoms. The Morgan fingerprint density at radius 3 is 2.32 bits per heavy atom. The fourth-order valence-electron chi connectivity index (χ4n) is 2.84. The Morgan fingerprint density at radius 1 is 0.955 bits per heavy atom. The summed E-state index contributed by atoms with van der Waals surface area (Å²) in [4.78, 5) is 0.416. The molecule has 0 unspecified atom stereocenters. The van der Waals surface area contributed by atoms with Crippen molar-refractivity contribution in [2.24, 2.45) is 0 Å². The van der Waals surface area contributed by atoms with Crippen molar-refractivity contribution in [3.05, 3.63) is 47.5 Å². The number of benzene rings is 2. The van der Waals surface area contributed by atoms with E-state index in [-0.39, 0.29) is 16.4 Å². The second-order valence-electron chi connectivity index (χ2n) is 5.47. The molecule has 22 heavy (non-hydrogen) atoms. The maximum Gasteiger partial charge on any atom is 0.206 e. The van der Waals surface area contributed by atoms with Gasteiger partial charge in [0, 0.05) is 6.07 Å². The van der Waals surface area contributed by atoms with Crippen molar-refractivity contribution in [3.8, 4) is 11.5 Å². The van der Waals surface area contributed by atoms with Gasteiger partial charge in [-0.3, -0.25) is 0 Å². The second-order valence-corrected chi connectivity index (χ2v) is 7.42. The number of hydrogen-bond acceptors (Lipinski definition) is 4. The Balaban J connectivity index is 2.06. The van der Waals surface area contributed by atoms with Gasteiger partial charge in [0.05, 0.1) is 16.9 Å². The van der Waals surface area contributed by atoms with E-state index in [1.165, 1.54) is 30.9 Å². The normalized spacial score (nSPS) is 14.4. The van der Waals surface area contributed by atoms with E-state index < -0.39 is 9.84 Å². The van der Waals surface area contributed by atoms with E-state index in [0.29, 0.717) is 4.90 Å². The zero-order valence-electron chi connectivity index (χ0n) is 12.4. The van der Waals surface area contributed by atoms with Gasteiger partial charge < -0.3 is 9.84 Å². The van der Waals surface area contributed by atoms with Crippen LogP contribution >= 0.6 is 0 Å². The topological polar surface area (TPSA) is 63.6 Å². The molecule has 0 heterocycles. The first-order valence-electron chi connectivity index (χ1n) is 7.26. The summed E-state index contributed by atoms with van der Waals surface area (Å²) in [6, 6.07) is 9.45. The zero-order chi connectivity index (χ0) is 15.7. The van der Waals surface area contributed by atoms with Crippen molar-refractivity contribution in [2.45, 2.75) is 35.5 Å². The molecular weight excluding hydrogens is 300 g/mol. The monoisotopic (exact) mass is 318 g/mol. The maximum atomic E-state index is 12.8. The molecule has 2 aromatic rings. The molecule has 0 fully saturated rings. The van der Waals surface area contributed by atoms with Crippen LogP contribution in [0.5, 0.6) is 11.5 Å². The summed E-state index contributed by atoms with van der Waals surface area (Å²) in [5.41, 5.74) is 2.37. The van der Waals surface area contributed by atoms with Crippen molar-refractivity contribution in [3.63, 3.8) is 0 Å². The average Bonchev–Trinajstić information content (AvgIpc) is 2.54. The van der Waals surface area contributed by atoms with Gasteiger partial charge >= 0.3 is 0 Å². The minimum atomic E-state index is -3.61. The Bertz CT molecular complexity index is 809. The van der Waals surface area contributed by atoms with E-state index in [9.17, 15) is 13.5 Å². The Kier molecular flexibility index (Phi) is 3.83. The zero-order valence-corrected chi connectivity index (χ0v) is 13.2. The third-order valence-electron chi connectivity index (χ3n) is 4.09. The van der Waals surface area contributed by atoms with Gasteiger partial charge in [-0.25, -0.2) is 8.42 Å². The molecule has 3 rings (SSSR count). The number of methoxy groups -OCH3 is 1. The first-order chi connectivity index (χ1) is 10.5. The highest BCUT2D eigenvalue weighted by Gasteiger charge is 2.21. The van der Waals surface area contributed by atoms with Gasteiger partial charge in [0.15, 0.2) is 11.5 Å². The van der Waals surface area contributed by atoms with E-state index >= 15 is 0 Å². The van der Waals surface area contributed by atoms with Gasteiger partial charge in [-0.1, -0.05) is 6.07 Å². The highest BCUT2D eigenvalue weighted by atomic mass is 32.2. The number of aromatic hydroxyl groups is 1. The van der Waals surface area contributed by atoms with Crippen LogP contribution in [0.2, 0.25) is 0 Å². The number of fused-ring (bicyclic) bond motifs is 1. The Labute approximate surface area is 130 Å². The molecule has 0 spiro atoms. The number of aryl methyl sites for hydroxylation is 2. The number of hydrogen-bond donors (Lipinski definition) is 1. The van der Waals surface area contributed by atoms with Crippen LogP contribution in [0.25, 0.3) is 0 Å². The SMILES string of the molecule is COc1cc(S(=O)(=O)c2ccc3c(c2)CCCC3)ccc1O. The van der Waals surface area contributed by atoms with Crippen molar-refractivity contribution in [1.82, 2.24) is 0 Å². The fourth-order valence-corrected chi connectivity index (χ4v) is 4.16. The predicted octanol–water partition coefficient (Wildman–Crippen LogP) is 3.11. The summed E-state index contributed by atoms with van der Waals surface area (Å²) in [6.45, 7) is 0. The number of sulfone groups is 1. The summed E-state index contributed by atoms with van der Waals surface area (Å²) in [5.74, 6) is 0.0749. The standard InChI is InChI=1S/C17H18O4S/c1-21-17-11-15(8-9-16(17)18)22(19,20)14-7-6-12-4-2-3-5-13(12)10-14/h6-11,18H,2-5H2,1H3. The minimum Gasteiger partial charge on any atom is -0.504 e. The smallest absolute Gasteiger partial charge is 0.206 e. The molecule has 0 amide bonds.